The number of pyridine rings is 1. The van der Waals surface area contributed by atoms with E-state index in [0.717, 1.165) is 28.6 Å². The minimum Gasteiger partial charge on any atom is -0.256 e. The first kappa shape index (κ1) is 12.7. The fourth-order valence-corrected chi connectivity index (χ4v) is 2.18. The molecule has 3 nitrogen and oxygen atoms in total. The Morgan fingerprint density at radius 1 is 1.30 bits per heavy atom. The highest BCUT2D eigenvalue weighted by Gasteiger charge is 2.06. The number of benzene rings is 1. The molecular weight excluding hydrogens is 270 g/mol. The van der Waals surface area contributed by atoms with E-state index in [0.29, 0.717) is 5.02 Å². The van der Waals surface area contributed by atoms with Crippen LogP contribution in [-0.4, -0.2) is 14.8 Å². The Balaban J connectivity index is 2.12. The molecule has 2 aromatic heterocycles. The van der Waals surface area contributed by atoms with Crippen LogP contribution in [0.15, 0.2) is 42.9 Å². The fraction of sp³-hybridized carbons (Fsp3) is 0.125. The lowest BCUT2D eigenvalue weighted by Crippen LogP contribution is -1.96. The van der Waals surface area contributed by atoms with Crippen LogP contribution in [0.4, 0.5) is 0 Å². The van der Waals surface area contributed by atoms with Crippen molar-refractivity contribution < 1.29 is 0 Å². The highest BCUT2D eigenvalue weighted by atomic mass is 35.5. The van der Waals surface area contributed by atoms with Gasteiger partial charge in [-0.2, -0.15) is 5.10 Å². The Morgan fingerprint density at radius 3 is 3.05 bits per heavy atom. The number of aromatic nitrogens is 3. The van der Waals surface area contributed by atoms with Crippen molar-refractivity contribution in [1.29, 1.82) is 0 Å². The molecule has 0 fully saturated rings. The third-order valence-electron chi connectivity index (χ3n) is 2.92. The quantitative estimate of drug-likeness (QED) is 0.635. The van der Waals surface area contributed by atoms with Crippen LogP contribution in [-0.2, 0) is 0 Å². The van der Waals surface area contributed by atoms with Crippen molar-refractivity contribution in [2.75, 3.05) is 0 Å². The molecule has 1 aromatic carbocycles. The van der Waals surface area contributed by atoms with Crippen molar-refractivity contribution in [1.82, 2.24) is 14.8 Å². The second-order valence-electron chi connectivity index (χ2n) is 4.32. The van der Waals surface area contributed by atoms with E-state index in [1.807, 2.05) is 42.1 Å². The van der Waals surface area contributed by atoms with Gasteiger partial charge in [-0.1, -0.05) is 30.4 Å². The minimum absolute atomic E-state index is 0.678. The molecule has 0 atom stereocenters. The first-order valence-electron chi connectivity index (χ1n) is 6.36. The predicted molar refractivity (Wildman–Crippen MR) is 81.0 cm³/mol. The first-order valence-corrected chi connectivity index (χ1v) is 6.74. The molecule has 2 heterocycles. The zero-order valence-corrected chi connectivity index (χ0v) is 11.7. The summed E-state index contributed by atoms with van der Waals surface area (Å²) in [7, 11) is 0. The molecule has 4 heteroatoms. The van der Waals surface area contributed by atoms with Crippen molar-refractivity contribution in [2.45, 2.75) is 13.3 Å². The fourth-order valence-electron chi connectivity index (χ4n) is 2.02. The van der Waals surface area contributed by atoms with Crippen LogP contribution in [0, 0.1) is 11.8 Å². The molecule has 0 N–H and O–H groups in total. The predicted octanol–water partition coefficient (Wildman–Crippen LogP) is 3.84. The Hall–Kier alpha value is -2.31. The Morgan fingerprint density at radius 2 is 2.20 bits per heavy atom. The molecule has 3 rings (SSSR count). The van der Waals surface area contributed by atoms with Crippen LogP contribution >= 0.6 is 11.6 Å². The van der Waals surface area contributed by atoms with Gasteiger partial charge in [0.2, 0.25) is 0 Å². The van der Waals surface area contributed by atoms with E-state index in [-0.39, 0.29) is 0 Å². The lowest BCUT2D eigenvalue weighted by atomic mass is 10.2. The van der Waals surface area contributed by atoms with E-state index in [4.69, 9.17) is 11.6 Å². The van der Waals surface area contributed by atoms with Gasteiger partial charge in [0, 0.05) is 29.2 Å². The SMILES string of the molecule is CCC#Cc1cnn(-c2ccnc3cc(Cl)ccc23)c1. The van der Waals surface area contributed by atoms with Crippen molar-refractivity contribution in [2.24, 2.45) is 0 Å². The van der Waals surface area contributed by atoms with Crippen molar-refractivity contribution >= 4 is 22.5 Å². The summed E-state index contributed by atoms with van der Waals surface area (Å²) >= 11 is 6.00. The van der Waals surface area contributed by atoms with Gasteiger partial charge in [-0.25, -0.2) is 4.68 Å². The van der Waals surface area contributed by atoms with Crippen molar-refractivity contribution in [3.63, 3.8) is 0 Å². The number of halogens is 1. The van der Waals surface area contributed by atoms with Gasteiger partial charge < -0.3 is 0 Å². The Kier molecular flexibility index (Phi) is 3.41. The van der Waals surface area contributed by atoms with Gasteiger partial charge in [0.1, 0.15) is 0 Å². The maximum absolute atomic E-state index is 6.00. The highest BCUT2D eigenvalue weighted by molar-refractivity contribution is 6.31. The number of rotatable bonds is 1. The molecule has 0 radical (unpaired) electrons. The van der Waals surface area contributed by atoms with Gasteiger partial charge in [-0.15, -0.1) is 0 Å². The topological polar surface area (TPSA) is 30.7 Å². The summed E-state index contributed by atoms with van der Waals surface area (Å²) < 4.78 is 1.82. The number of fused-ring (bicyclic) bond motifs is 1. The number of nitrogens with zero attached hydrogens (tertiary/aromatic N) is 3. The van der Waals surface area contributed by atoms with E-state index in [1.165, 1.54) is 0 Å². The summed E-state index contributed by atoms with van der Waals surface area (Å²) in [5.74, 6) is 6.11. The molecule has 0 aliphatic rings. The van der Waals surface area contributed by atoms with Crippen LogP contribution in [0.2, 0.25) is 5.02 Å². The van der Waals surface area contributed by atoms with Gasteiger partial charge in [-0.05, 0) is 24.3 Å². The maximum Gasteiger partial charge on any atom is 0.0755 e. The summed E-state index contributed by atoms with van der Waals surface area (Å²) in [6.07, 6.45) is 6.28. The molecule has 0 saturated carbocycles. The maximum atomic E-state index is 6.00. The van der Waals surface area contributed by atoms with E-state index >= 15 is 0 Å². The monoisotopic (exact) mass is 281 g/mol. The van der Waals surface area contributed by atoms with Gasteiger partial charge >= 0.3 is 0 Å². The molecule has 0 spiro atoms. The third-order valence-corrected chi connectivity index (χ3v) is 3.16. The smallest absolute Gasteiger partial charge is 0.0755 e. The van der Waals surface area contributed by atoms with Crippen molar-refractivity contribution in [3.05, 3.63) is 53.4 Å². The van der Waals surface area contributed by atoms with Crippen LogP contribution in [0.25, 0.3) is 16.6 Å². The second kappa shape index (κ2) is 5.36. The number of hydrogen-bond donors (Lipinski definition) is 0. The van der Waals surface area contributed by atoms with Gasteiger partial charge in [0.05, 0.1) is 23.0 Å². The van der Waals surface area contributed by atoms with Crippen LogP contribution in [0.3, 0.4) is 0 Å². The molecule has 3 aromatic rings. The minimum atomic E-state index is 0.678. The second-order valence-corrected chi connectivity index (χ2v) is 4.76. The average Bonchev–Trinajstić information content (AvgIpc) is 2.92. The van der Waals surface area contributed by atoms with E-state index < -0.39 is 0 Å². The number of hydrogen-bond acceptors (Lipinski definition) is 2. The van der Waals surface area contributed by atoms with Crippen LogP contribution < -0.4 is 0 Å². The lowest BCUT2D eigenvalue weighted by molar-refractivity contribution is 0.886. The molecule has 0 unspecified atom stereocenters. The Labute approximate surface area is 122 Å². The van der Waals surface area contributed by atoms with E-state index in [9.17, 15) is 0 Å². The summed E-state index contributed by atoms with van der Waals surface area (Å²) in [5, 5.41) is 6.05. The zero-order valence-electron chi connectivity index (χ0n) is 11.0. The highest BCUT2D eigenvalue weighted by Crippen LogP contribution is 2.23. The average molecular weight is 282 g/mol. The molecule has 0 aliphatic heterocycles. The summed E-state index contributed by atoms with van der Waals surface area (Å²) in [6, 6.07) is 7.59. The molecule has 0 bridgehead atoms. The zero-order chi connectivity index (χ0) is 13.9. The molecule has 0 aliphatic carbocycles. The summed E-state index contributed by atoms with van der Waals surface area (Å²) in [4.78, 5) is 4.33. The largest absolute Gasteiger partial charge is 0.256 e. The van der Waals surface area contributed by atoms with E-state index in [2.05, 4.69) is 21.9 Å². The molecule has 0 amide bonds. The van der Waals surface area contributed by atoms with Crippen LogP contribution in [0.1, 0.15) is 18.9 Å². The third kappa shape index (κ3) is 2.38. The lowest BCUT2D eigenvalue weighted by Gasteiger charge is -2.05. The van der Waals surface area contributed by atoms with E-state index in [1.54, 1.807) is 12.4 Å². The normalized spacial score (nSPS) is 10.3. The molecule has 0 saturated heterocycles. The molecular formula is C16H12ClN3. The van der Waals surface area contributed by atoms with Crippen molar-refractivity contribution in [3.8, 4) is 17.5 Å². The van der Waals surface area contributed by atoms with Gasteiger partial charge in [-0.3, -0.25) is 4.98 Å². The standard InChI is InChI=1S/C16H12ClN3/c1-2-3-4-12-10-19-20(11-12)16-7-8-18-15-9-13(17)5-6-14(15)16/h5-11H,2H2,1H3. The summed E-state index contributed by atoms with van der Waals surface area (Å²) in [6.45, 7) is 2.03. The molecule has 20 heavy (non-hydrogen) atoms. The Bertz CT molecular complexity index is 824. The van der Waals surface area contributed by atoms with Crippen LogP contribution in [0.5, 0.6) is 0 Å². The van der Waals surface area contributed by atoms with Gasteiger partial charge in [0.25, 0.3) is 0 Å². The summed E-state index contributed by atoms with van der Waals surface area (Å²) in [5.41, 5.74) is 2.73. The molecule has 98 valence electrons. The first-order chi connectivity index (χ1) is 9.78. The van der Waals surface area contributed by atoms with Gasteiger partial charge in [0.15, 0.2) is 0 Å².